The van der Waals surface area contributed by atoms with Crippen molar-refractivity contribution in [2.24, 2.45) is 5.41 Å². The predicted molar refractivity (Wildman–Crippen MR) is 92.1 cm³/mol. The lowest BCUT2D eigenvalue weighted by Gasteiger charge is -2.20. The Balaban J connectivity index is 1.63. The molecule has 2 aliphatic rings. The van der Waals surface area contributed by atoms with Gasteiger partial charge in [0, 0.05) is 19.5 Å². The summed E-state index contributed by atoms with van der Waals surface area (Å²) in [6.45, 7) is 2.12. The van der Waals surface area contributed by atoms with Crippen LogP contribution in [0, 0.1) is 5.41 Å². The molecule has 6 nitrogen and oxygen atoms in total. The third-order valence-electron chi connectivity index (χ3n) is 5.36. The van der Waals surface area contributed by atoms with Crippen LogP contribution in [0.3, 0.4) is 0 Å². The van der Waals surface area contributed by atoms with E-state index in [1.54, 1.807) is 19.1 Å². The molecule has 3 rings (SSSR count). The van der Waals surface area contributed by atoms with Gasteiger partial charge in [-0.1, -0.05) is 6.07 Å². The van der Waals surface area contributed by atoms with Crippen LogP contribution >= 0.6 is 0 Å². The van der Waals surface area contributed by atoms with Crippen molar-refractivity contribution in [1.82, 2.24) is 4.90 Å². The fourth-order valence-electron chi connectivity index (χ4n) is 3.59. The lowest BCUT2D eigenvalue weighted by molar-refractivity contribution is -0.147. The maximum atomic E-state index is 12.5. The minimum Gasteiger partial charge on any atom is -0.481 e. The zero-order valence-corrected chi connectivity index (χ0v) is 15.1. The number of amides is 1. The average molecular weight is 365 g/mol. The second-order valence-corrected chi connectivity index (χ2v) is 9.39. The van der Waals surface area contributed by atoms with E-state index in [1.807, 2.05) is 6.07 Å². The number of carboxylic acid groups (broad SMARTS) is 1. The van der Waals surface area contributed by atoms with Crippen molar-refractivity contribution in [3.63, 3.8) is 0 Å². The Bertz CT molecular complexity index is 817. The number of benzene rings is 1. The number of carbonyl (C=O) groups excluding carboxylic acids is 1. The lowest BCUT2D eigenvalue weighted by atomic mass is 9.90. The summed E-state index contributed by atoms with van der Waals surface area (Å²) in [7, 11) is -3.52. The molecule has 1 aliphatic carbocycles. The van der Waals surface area contributed by atoms with Crippen LogP contribution in [0.5, 0.6) is 0 Å². The van der Waals surface area contributed by atoms with Crippen LogP contribution in [0.15, 0.2) is 23.1 Å². The maximum absolute atomic E-state index is 12.5. The fraction of sp³-hybridized carbons (Fsp3) is 0.556. The summed E-state index contributed by atoms with van der Waals surface area (Å²) in [6.07, 6.45) is 3.22. The van der Waals surface area contributed by atoms with E-state index < -0.39 is 21.2 Å². The van der Waals surface area contributed by atoms with Gasteiger partial charge in [0.15, 0.2) is 9.84 Å². The highest BCUT2D eigenvalue weighted by molar-refractivity contribution is 7.91. The summed E-state index contributed by atoms with van der Waals surface area (Å²) in [5, 5.41) is 9.22. The number of hydrogen-bond acceptors (Lipinski definition) is 4. The highest BCUT2D eigenvalue weighted by Crippen LogP contribution is 2.31. The molecule has 1 saturated heterocycles. The number of likely N-dealkylation sites (tertiary alicyclic amines) is 1. The summed E-state index contributed by atoms with van der Waals surface area (Å²) in [4.78, 5) is 25.3. The van der Waals surface area contributed by atoms with Crippen LogP contribution in [0.2, 0.25) is 0 Å². The zero-order valence-electron chi connectivity index (χ0n) is 14.3. The van der Waals surface area contributed by atoms with Crippen molar-refractivity contribution in [1.29, 1.82) is 0 Å². The van der Waals surface area contributed by atoms with Gasteiger partial charge in [-0.25, -0.2) is 8.42 Å². The summed E-state index contributed by atoms with van der Waals surface area (Å²) in [5.41, 5.74) is 1.36. The van der Waals surface area contributed by atoms with E-state index in [2.05, 4.69) is 0 Å². The van der Waals surface area contributed by atoms with Gasteiger partial charge >= 0.3 is 5.97 Å². The van der Waals surface area contributed by atoms with Gasteiger partial charge in [-0.05, 0) is 55.9 Å². The van der Waals surface area contributed by atoms with Crippen LogP contribution in [0.4, 0.5) is 0 Å². The maximum Gasteiger partial charge on any atom is 0.311 e. The van der Waals surface area contributed by atoms with Crippen LogP contribution in [-0.2, 0) is 32.3 Å². The van der Waals surface area contributed by atoms with Gasteiger partial charge in [0.25, 0.3) is 0 Å². The molecule has 1 aromatic carbocycles. The number of aliphatic carboxylic acids is 1. The SMILES string of the molecule is C[C@]1(C(=O)O)CCN(C(=O)CCS(=O)(=O)c2ccc3c(c2)CCC3)C1. The number of carboxylic acids is 1. The molecule has 0 aromatic heterocycles. The van der Waals surface area contributed by atoms with Gasteiger partial charge in [0.05, 0.1) is 16.1 Å². The lowest BCUT2D eigenvalue weighted by Crippen LogP contribution is -2.35. The smallest absolute Gasteiger partial charge is 0.311 e. The minimum absolute atomic E-state index is 0.116. The first-order chi connectivity index (χ1) is 11.7. The fourth-order valence-corrected chi connectivity index (χ4v) is 4.86. The van der Waals surface area contributed by atoms with Crippen LogP contribution in [0.25, 0.3) is 0 Å². The molecule has 1 N–H and O–H groups in total. The molecule has 0 spiro atoms. The van der Waals surface area contributed by atoms with Gasteiger partial charge < -0.3 is 10.0 Å². The molecule has 1 atom stereocenters. The Morgan fingerprint density at radius 1 is 1.24 bits per heavy atom. The first-order valence-corrected chi connectivity index (χ1v) is 10.2. The second-order valence-electron chi connectivity index (χ2n) is 7.28. The molecule has 136 valence electrons. The van der Waals surface area contributed by atoms with Gasteiger partial charge in [-0.15, -0.1) is 0 Å². The molecule has 1 heterocycles. The third kappa shape index (κ3) is 3.56. The summed E-state index contributed by atoms with van der Waals surface area (Å²) in [5.74, 6) is -1.46. The van der Waals surface area contributed by atoms with E-state index in [-0.39, 0.29) is 29.5 Å². The minimum atomic E-state index is -3.52. The molecule has 1 aliphatic heterocycles. The Morgan fingerprint density at radius 3 is 2.64 bits per heavy atom. The molecule has 1 aromatic rings. The third-order valence-corrected chi connectivity index (χ3v) is 7.07. The first-order valence-electron chi connectivity index (χ1n) is 8.57. The van der Waals surface area contributed by atoms with Crippen LogP contribution < -0.4 is 0 Å². The number of hydrogen-bond donors (Lipinski definition) is 1. The van der Waals surface area contributed by atoms with E-state index in [0.717, 1.165) is 24.8 Å². The second kappa shape index (κ2) is 6.44. The number of nitrogens with zero attached hydrogens (tertiary/aromatic N) is 1. The average Bonchev–Trinajstić information content (AvgIpc) is 3.19. The standard InChI is InChI=1S/C18H23NO5S/c1-18(17(21)22)8-9-19(12-18)16(20)7-10-25(23,24)15-6-5-13-3-2-4-14(13)11-15/h5-6,11H,2-4,7-10,12H2,1H3,(H,21,22)/t18-/m0/s1. The molecular weight excluding hydrogens is 342 g/mol. The number of fused-ring (bicyclic) bond motifs is 1. The topological polar surface area (TPSA) is 91.8 Å². The first kappa shape index (κ1) is 17.9. The van der Waals surface area contributed by atoms with E-state index in [1.165, 1.54) is 10.5 Å². The highest BCUT2D eigenvalue weighted by atomic mass is 32.2. The molecule has 0 saturated carbocycles. The predicted octanol–water partition coefficient (Wildman–Crippen LogP) is 1.66. The summed E-state index contributed by atoms with van der Waals surface area (Å²) < 4.78 is 25.0. The van der Waals surface area contributed by atoms with Gasteiger partial charge in [0.2, 0.25) is 5.91 Å². The van der Waals surface area contributed by atoms with Crippen molar-refractivity contribution < 1.29 is 23.1 Å². The normalized spacial score (nSPS) is 22.8. The summed E-state index contributed by atoms with van der Waals surface area (Å²) in [6, 6.07) is 5.23. The van der Waals surface area contributed by atoms with Crippen molar-refractivity contribution >= 4 is 21.7 Å². The van der Waals surface area contributed by atoms with Gasteiger partial charge in [0.1, 0.15) is 0 Å². The molecule has 0 bridgehead atoms. The highest BCUT2D eigenvalue weighted by Gasteiger charge is 2.42. The van der Waals surface area contributed by atoms with Crippen LogP contribution in [0.1, 0.15) is 37.3 Å². The van der Waals surface area contributed by atoms with Crippen molar-refractivity contribution in [3.8, 4) is 0 Å². The summed E-state index contributed by atoms with van der Waals surface area (Å²) >= 11 is 0. The van der Waals surface area contributed by atoms with E-state index in [4.69, 9.17) is 0 Å². The number of sulfone groups is 1. The number of rotatable bonds is 5. The molecule has 0 unspecified atom stereocenters. The van der Waals surface area contributed by atoms with Gasteiger partial charge in [-0.3, -0.25) is 9.59 Å². The molecule has 7 heteroatoms. The molecule has 1 fully saturated rings. The van der Waals surface area contributed by atoms with Gasteiger partial charge in [-0.2, -0.15) is 0 Å². The monoisotopic (exact) mass is 365 g/mol. The Kier molecular flexibility index (Phi) is 4.62. The van der Waals surface area contributed by atoms with Crippen molar-refractivity contribution in [2.75, 3.05) is 18.8 Å². The quantitative estimate of drug-likeness (QED) is 0.857. The Labute approximate surface area is 147 Å². The van der Waals surface area contributed by atoms with Crippen molar-refractivity contribution in [3.05, 3.63) is 29.3 Å². The van der Waals surface area contributed by atoms with E-state index in [0.29, 0.717) is 13.0 Å². The van der Waals surface area contributed by atoms with Crippen molar-refractivity contribution in [2.45, 2.75) is 43.9 Å². The number of carbonyl (C=O) groups is 2. The zero-order chi connectivity index (χ0) is 18.2. The van der Waals surface area contributed by atoms with E-state index in [9.17, 15) is 23.1 Å². The molecule has 0 radical (unpaired) electrons. The molecular formula is C18H23NO5S. The Morgan fingerprint density at radius 2 is 1.96 bits per heavy atom. The molecule has 1 amide bonds. The van der Waals surface area contributed by atoms with E-state index >= 15 is 0 Å². The Hall–Kier alpha value is -1.89. The largest absolute Gasteiger partial charge is 0.481 e. The number of aryl methyl sites for hydroxylation is 2. The molecule has 25 heavy (non-hydrogen) atoms. The van der Waals surface area contributed by atoms with Crippen LogP contribution in [-0.4, -0.2) is 49.1 Å².